The van der Waals surface area contributed by atoms with Crippen LogP contribution in [0.2, 0.25) is 0 Å². The van der Waals surface area contributed by atoms with Crippen LogP contribution in [0.3, 0.4) is 0 Å². The third-order valence-electron chi connectivity index (χ3n) is 2.94. The van der Waals surface area contributed by atoms with Gasteiger partial charge in [0.2, 0.25) is 0 Å². The first-order chi connectivity index (χ1) is 11.2. The number of nitrogens with one attached hydrogen (secondary N) is 1. The van der Waals surface area contributed by atoms with Crippen molar-refractivity contribution in [1.29, 1.82) is 0 Å². The first-order valence-electron chi connectivity index (χ1n) is 7.42. The first-order valence-corrected chi connectivity index (χ1v) is 8.24. The number of carboxylic acids is 1. The fourth-order valence-electron chi connectivity index (χ4n) is 2.03. The molecule has 1 amide bonds. The van der Waals surface area contributed by atoms with E-state index in [4.69, 9.17) is 4.74 Å². The highest BCUT2D eigenvalue weighted by atomic mass is 32.1. The molecule has 0 saturated heterocycles. The minimum atomic E-state index is -1.09. The fraction of sp³-hybridized carbons (Fsp3) is 0.353. The quantitative estimate of drug-likeness (QED) is 0.876. The molecule has 0 fully saturated rings. The maximum Gasteiger partial charge on any atom is 0.408 e. The summed E-state index contributed by atoms with van der Waals surface area (Å²) in [5.74, 6) is -1.09. The molecular formula is C17H20N2O4S. The number of hydrogen-bond donors (Lipinski definition) is 2. The van der Waals surface area contributed by atoms with Crippen LogP contribution in [0, 0.1) is 6.92 Å². The molecule has 0 aliphatic carbocycles. The third-order valence-corrected chi connectivity index (χ3v) is 4.04. The third kappa shape index (κ3) is 4.79. The molecule has 1 aromatic carbocycles. The van der Waals surface area contributed by atoms with Crippen molar-refractivity contribution >= 4 is 23.4 Å². The molecule has 2 N–H and O–H groups in total. The lowest BCUT2D eigenvalue weighted by atomic mass is 10.1. The molecule has 0 unspecified atom stereocenters. The van der Waals surface area contributed by atoms with Crippen LogP contribution in [0.15, 0.2) is 24.3 Å². The van der Waals surface area contributed by atoms with E-state index in [0.717, 1.165) is 11.1 Å². The van der Waals surface area contributed by atoms with Crippen molar-refractivity contribution in [3.05, 3.63) is 40.5 Å². The van der Waals surface area contributed by atoms with Gasteiger partial charge in [-0.05, 0) is 33.3 Å². The van der Waals surface area contributed by atoms with Gasteiger partial charge in [0, 0.05) is 0 Å². The number of ether oxygens (including phenoxy) is 1. The van der Waals surface area contributed by atoms with Gasteiger partial charge in [0.1, 0.15) is 10.6 Å². The second-order valence-electron chi connectivity index (χ2n) is 6.32. The summed E-state index contributed by atoms with van der Waals surface area (Å²) in [6, 6.07) is 7.56. The number of rotatable bonds is 4. The first kappa shape index (κ1) is 17.9. The lowest BCUT2D eigenvalue weighted by Crippen LogP contribution is -2.32. The molecule has 0 aliphatic rings. The van der Waals surface area contributed by atoms with Crippen LogP contribution in [-0.4, -0.2) is 27.8 Å². The van der Waals surface area contributed by atoms with Crippen LogP contribution < -0.4 is 5.32 Å². The summed E-state index contributed by atoms with van der Waals surface area (Å²) in [7, 11) is 0. The molecule has 1 heterocycles. The van der Waals surface area contributed by atoms with Crippen LogP contribution in [-0.2, 0) is 11.3 Å². The van der Waals surface area contributed by atoms with E-state index < -0.39 is 17.7 Å². The number of nitrogens with zero attached hydrogens (tertiary/aromatic N) is 1. The Morgan fingerprint density at radius 2 is 2.04 bits per heavy atom. The van der Waals surface area contributed by atoms with E-state index in [1.165, 1.54) is 11.3 Å². The normalized spacial score (nSPS) is 11.2. The Morgan fingerprint density at radius 3 is 2.62 bits per heavy atom. The summed E-state index contributed by atoms with van der Waals surface area (Å²) in [5, 5.41) is 12.5. The van der Waals surface area contributed by atoms with E-state index in [1.54, 1.807) is 20.8 Å². The SMILES string of the molecule is Cc1cccc(-c2sc(CNC(=O)OC(C)(C)C)nc2C(=O)O)c1. The number of aromatic carboxylic acids is 1. The number of amides is 1. The standard InChI is InChI=1S/C17H20N2O4S/c1-10-6-5-7-11(8-10)14-13(15(20)21)19-12(24-14)9-18-16(22)23-17(2,3)4/h5-8H,9H2,1-4H3,(H,18,22)(H,20,21). The highest BCUT2D eigenvalue weighted by molar-refractivity contribution is 7.15. The van der Waals surface area contributed by atoms with Crippen molar-refractivity contribution in [2.24, 2.45) is 0 Å². The number of carboxylic acid groups (broad SMARTS) is 1. The second-order valence-corrected chi connectivity index (χ2v) is 7.40. The summed E-state index contributed by atoms with van der Waals surface area (Å²) >= 11 is 1.25. The molecule has 24 heavy (non-hydrogen) atoms. The van der Waals surface area contributed by atoms with Crippen molar-refractivity contribution in [2.45, 2.75) is 39.8 Å². The minimum Gasteiger partial charge on any atom is -0.476 e. The molecule has 1 aromatic heterocycles. The van der Waals surface area contributed by atoms with Gasteiger partial charge in [-0.25, -0.2) is 14.6 Å². The summed E-state index contributed by atoms with van der Waals surface area (Å²) < 4.78 is 5.15. The van der Waals surface area contributed by atoms with Gasteiger partial charge in [-0.3, -0.25) is 0 Å². The number of carbonyl (C=O) groups excluding carboxylic acids is 1. The Bertz CT molecular complexity index is 762. The minimum absolute atomic E-state index is 0.00779. The molecule has 2 rings (SSSR count). The molecule has 0 saturated carbocycles. The van der Waals surface area contributed by atoms with E-state index in [2.05, 4.69) is 10.3 Å². The summed E-state index contributed by atoms with van der Waals surface area (Å²) in [4.78, 5) is 27.9. The maximum atomic E-state index is 11.7. The topological polar surface area (TPSA) is 88.5 Å². The largest absolute Gasteiger partial charge is 0.476 e. The van der Waals surface area contributed by atoms with E-state index in [0.29, 0.717) is 9.88 Å². The van der Waals surface area contributed by atoms with Crippen molar-refractivity contribution in [2.75, 3.05) is 0 Å². The molecule has 2 aromatic rings. The molecule has 128 valence electrons. The van der Waals surface area contributed by atoms with Crippen molar-refractivity contribution < 1.29 is 19.4 Å². The van der Waals surface area contributed by atoms with Crippen LogP contribution in [0.1, 0.15) is 41.8 Å². The molecule has 0 radical (unpaired) electrons. The number of hydrogen-bond acceptors (Lipinski definition) is 5. The number of aromatic nitrogens is 1. The molecule has 6 nitrogen and oxygen atoms in total. The molecule has 0 aliphatic heterocycles. The predicted octanol–water partition coefficient (Wildman–Crippen LogP) is 3.84. The van der Waals surface area contributed by atoms with Gasteiger partial charge in [0.15, 0.2) is 5.69 Å². The van der Waals surface area contributed by atoms with Gasteiger partial charge in [-0.15, -0.1) is 11.3 Å². The highest BCUT2D eigenvalue weighted by Crippen LogP contribution is 2.31. The van der Waals surface area contributed by atoms with Crippen LogP contribution >= 0.6 is 11.3 Å². The zero-order valence-corrected chi connectivity index (χ0v) is 14.9. The molecule has 0 atom stereocenters. The lowest BCUT2D eigenvalue weighted by molar-refractivity contribution is 0.0523. The summed E-state index contributed by atoms with van der Waals surface area (Å²) in [6.07, 6.45) is -0.563. The summed E-state index contributed by atoms with van der Waals surface area (Å²) in [6.45, 7) is 7.37. The van der Waals surface area contributed by atoms with Gasteiger partial charge >= 0.3 is 12.1 Å². The van der Waals surface area contributed by atoms with Crippen molar-refractivity contribution in [3.63, 3.8) is 0 Å². The lowest BCUT2D eigenvalue weighted by Gasteiger charge is -2.19. The molecule has 0 spiro atoms. The predicted molar refractivity (Wildman–Crippen MR) is 92.3 cm³/mol. The number of aryl methyl sites for hydroxylation is 1. The Morgan fingerprint density at radius 1 is 1.33 bits per heavy atom. The van der Waals surface area contributed by atoms with Gasteiger partial charge < -0.3 is 15.2 Å². The van der Waals surface area contributed by atoms with Crippen LogP contribution in [0.5, 0.6) is 0 Å². The Kier molecular flexibility index (Phi) is 5.23. The Hall–Kier alpha value is -2.41. The second kappa shape index (κ2) is 7.00. The number of alkyl carbamates (subject to hydrolysis) is 1. The molecular weight excluding hydrogens is 328 g/mol. The van der Waals surface area contributed by atoms with Gasteiger partial charge in [-0.2, -0.15) is 0 Å². The van der Waals surface area contributed by atoms with E-state index in [1.807, 2.05) is 31.2 Å². The number of carbonyl (C=O) groups is 2. The highest BCUT2D eigenvalue weighted by Gasteiger charge is 2.20. The fourth-order valence-corrected chi connectivity index (χ4v) is 3.02. The van der Waals surface area contributed by atoms with Crippen molar-refractivity contribution in [3.8, 4) is 10.4 Å². The smallest absolute Gasteiger partial charge is 0.408 e. The maximum absolute atomic E-state index is 11.7. The van der Waals surface area contributed by atoms with Gasteiger partial charge in [0.05, 0.1) is 11.4 Å². The molecule has 7 heteroatoms. The van der Waals surface area contributed by atoms with Gasteiger partial charge in [0.25, 0.3) is 0 Å². The Labute approximate surface area is 144 Å². The average molecular weight is 348 g/mol. The van der Waals surface area contributed by atoms with E-state index in [9.17, 15) is 14.7 Å². The van der Waals surface area contributed by atoms with Crippen LogP contribution in [0.4, 0.5) is 4.79 Å². The monoisotopic (exact) mass is 348 g/mol. The van der Waals surface area contributed by atoms with E-state index >= 15 is 0 Å². The molecule has 0 bridgehead atoms. The summed E-state index contributed by atoms with van der Waals surface area (Å²) in [5.41, 5.74) is 1.23. The Balaban J connectivity index is 2.20. The number of benzene rings is 1. The van der Waals surface area contributed by atoms with E-state index in [-0.39, 0.29) is 12.2 Å². The van der Waals surface area contributed by atoms with Crippen molar-refractivity contribution in [1.82, 2.24) is 10.3 Å². The van der Waals surface area contributed by atoms with Crippen LogP contribution in [0.25, 0.3) is 10.4 Å². The van der Waals surface area contributed by atoms with Gasteiger partial charge in [-0.1, -0.05) is 29.8 Å². The average Bonchev–Trinajstić information content (AvgIpc) is 2.88. The number of thiazole rings is 1. The zero-order valence-electron chi connectivity index (χ0n) is 14.0. The zero-order chi connectivity index (χ0) is 17.9.